The fraction of sp³-hybridized carbons (Fsp3) is 0.429. The third kappa shape index (κ3) is 3.56. The van der Waals surface area contributed by atoms with Gasteiger partial charge in [0.05, 0.1) is 5.92 Å². The molecule has 0 radical (unpaired) electrons. The molecule has 0 unspecified atom stereocenters. The van der Waals surface area contributed by atoms with E-state index in [0.29, 0.717) is 32.4 Å². The van der Waals surface area contributed by atoms with Crippen molar-refractivity contribution in [2.75, 3.05) is 13.1 Å². The van der Waals surface area contributed by atoms with Gasteiger partial charge in [-0.3, -0.25) is 9.59 Å². The normalized spacial score (nSPS) is 18.6. The van der Waals surface area contributed by atoms with Crippen LogP contribution in [-0.2, 0) is 16.0 Å². The van der Waals surface area contributed by atoms with Gasteiger partial charge in [0, 0.05) is 24.0 Å². The highest BCUT2D eigenvalue weighted by atomic mass is 79.9. The van der Waals surface area contributed by atoms with Crippen molar-refractivity contribution in [3.8, 4) is 0 Å². The number of hydrogen-bond donors (Lipinski definition) is 1. The Bertz CT molecular complexity index is 489. The molecule has 1 aliphatic heterocycles. The molecule has 102 valence electrons. The Kier molecular flexibility index (Phi) is 4.58. The van der Waals surface area contributed by atoms with Crippen molar-refractivity contribution in [2.24, 2.45) is 5.92 Å². The lowest BCUT2D eigenvalue weighted by molar-refractivity contribution is -0.141. The van der Waals surface area contributed by atoms with Gasteiger partial charge in [0.2, 0.25) is 5.91 Å². The molecule has 0 saturated carbocycles. The van der Waals surface area contributed by atoms with Crippen molar-refractivity contribution in [3.05, 3.63) is 34.3 Å². The van der Waals surface area contributed by atoms with Gasteiger partial charge in [-0.1, -0.05) is 34.1 Å². The zero-order valence-corrected chi connectivity index (χ0v) is 12.1. The topological polar surface area (TPSA) is 57.6 Å². The number of aryl methyl sites for hydroxylation is 1. The first kappa shape index (κ1) is 14.1. The summed E-state index contributed by atoms with van der Waals surface area (Å²) >= 11 is 3.46. The number of carbonyl (C=O) groups is 2. The van der Waals surface area contributed by atoms with Crippen LogP contribution in [0, 0.1) is 5.92 Å². The molecule has 1 aromatic carbocycles. The first-order chi connectivity index (χ1) is 9.08. The number of rotatable bonds is 4. The van der Waals surface area contributed by atoms with Crippen molar-refractivity contribution < 1.29 is 14.7 Å². The molecular formula is C14H16BrNO3. The largest absolute Gasteiger partial charge is 0.481 e. The number of aliphatic carboxylic acids is 1. The van der Waals surface area contributed by atoms with E-state index in [0.717, 1.165) is 10.0 Å². The Labute approximate surface area is 120 Å². The molecule has 1 amide bonds. The number of carbonyl (C=O) groups excluding carboxylic acids is 1. The van der Waals surface area contributed by atoms with Gasteiger partial charge in [0.1, 0.15) is 0 Å². The highest BCUT2D eigenvalue weighted by molar-refractivity contribution is 9.10. The third-order valence-electron chi connectivity index (χ3n) is 3.46. The van der Waals surface area contributed by atoms with Gasteiger partial charge in [-0.25, -0.2) is 0 Å². The van der Waals surface area contributed by atoms with Gasteiger partial charge in [-0.15, -0.1) is 0 Å². The fourth-order valence-corrected chi connectivity index (χ4v) is 2.77. The van der Waals surface area contributed by atoms with Gasteiger partial charge < -0.3 is 10.0 Å². The minimum absolute atomic E-state index is 0.0412. The second kappa shape index (κ2) is 6.19. The number of benzene rings is 1. The molecule has 5 heteroatoms. The quantitative estimate of drug-likeness (QED) is 0.924. The number of nitrogens with zero attached hydrogens (tertiary/aromatic N) is 1. The lowest BCUT2D eigenvalue weighted by Gasteiger charge is -2.15. The van der Waals surface area contributed by atoms with Crippen LogP contribution in [0.5, 0.6) is 0 Å². The van der Waals surface area contributed by atoms with E-state index in [1.54, 1.807) is 4.90 Å². The van der Waals surface area contributed by atoms with Gasteiger partial charge in [-0.2, -0.15) is 0 Å². The van der Waals surface area contributed by atoms with Crippen molar-refractivity contribution in [1.82, 2.24) is 4.90 Å². The number of hydrogen-bond acceptors (Lipinski definition) is 2. The van der Waals surface area contributed by atoms with Crippen molar-refractivity contribution in [2.45, 2.75) is 19.3 Å². The first-order valence-electron chi connectivity index (χ1n) is 6.32. The summed E-state index contributed by atoms with van der Waals surface area (Å²) in [5.74, 6) is -1.16. The Morgan fingerprint density at radius 3 is 2.74 bits per heavy atom. The number of likely N-dealkylation sites (tertiary alicyclic amines) is 1. The fourth-order valence-electron chi connectivity index (χ4n) is 2.29. The number of amides is 1. The van der Waals surface area contributed by atoms with E-state index in [2.05, 4.69) is 15.9 Å². The zero-order valence-electron chi connectivity index (χ0n) is 10.5. The SMILES string of the molecule is O=C(O)[C@@H]1CCN(C(=O)CCc2ccccc2Br)C1. The number of halogens is 1. The van der Waals surface area contributed by atoms with E-state index < -0.39 is 11.9 Å². The maximum Gasteiger partial charge on any atom is 0.308 e. The summed E-state index contributed by atoms with van der Waals surface area (Å²) < 4.78 is 1.01. The van der Waals surface area contributed by atoms with Crippen LogP contribution in [-0.4, -0.2) is 35.0 Å². The molecule has 4 nitrogen and oxygen atoms in total. The summed E-state index contributed by atoms with van der Waals surface area (Å²) in [5.41, 5.74) is 1.10. The molecule has 1 aliphatic rings. The molecule has 1 fully saturated rings. The molecule has 0 aliphatic carbocycles. The summed E-state index contributed by atoms with van der Waals surface area (Å²) in [7, 11) is 0. The summed E-state index contributed by atoms with van der Waals surface area (Å²) in [6.45, 7) is 0.913. The third-order valence-corrected chi connectivity index (χ3v) is 4.23. The Hall–Kier alpha value is -1.36. The molecule has 1 atom stereocenters. The summed E-state index contributed by atoms with van der Waals surface area (Å²) in [4.78, 5) is 24.5. The van der Waals surface area contributed by atoms with Crippen molar-refractivity contribution >= 4 is 27.8 Å². The predicted molar refractivity (Wildman–Crippen MR) is 74.8 cm³/mol. The summed E-state index contributed by atoms with van der Waals surface area (Å²) in [6, 6.07) is 7.83. The molecule has 1 heterocycles. The molecule has 19 heavy (non-hydrogen) atoms. The Morgan fingerprint density at radius 1 is 1.37 bits per heavy atom. The molecule has 0 aromatic heterocycles. The zero-order chi connectivity index (χ0) is 13.8. The van der Waals surface area contributed by atoms with E-state index >= 15 is 0 Å². The predicted octanol–water partition coefficient (Wildman–Crippen LogP) is 2.31. The van der Waals surface area contributed by atoms with Crippen molar-refractivity contribution in [1.29, 1.82) is 0 Å². The van der Waals surface area contributed by atoms with Gasteiger partial charge >= 0.3 is 5.97 Å². The highest BCUT2D eigenvalue weighted by Gasteiger charge is 2.30. The lowest BCUT2D eigenvalue weighted by Crippen LogP contribution is -2.30. The molecule has 0 spiro atoms. The van der Waals surface area contributed by atoms with Crippen LogP contribution in [0.25, 0.3) is 0 Å². The average Bonchev–Trinajstić information content (AvgIpc) is 2.87. The minimum Gasteiger partial charge on any atom is -0.481 e. The average molecular weight is 326 g/mol. The van der Waals surface area contributed by atoms with Crippen LogP contribution in [0.3, 0.4) is 0 Å². The highest BCUT2D eigenvalue weighted by Crippen LogP contribution is 2.20. The van der Waals surface area contributed by atoms with E-state index in [1.807, 2.05) is 24.3 Å². The molecule has 2 rings (SSSR count). The van der Waals surface area contributed by atoms with Gasteiger partial charge in [0.15, 0.2) is 0 Å². The number of carboxylic acid groups (broad SMARTS) is 1. The standard InChI is InChI=1S/C14H16BrNO3/c15-12-4-2-1-3-10(12)5-6-13(17)16-8-7-11(9-16)14(18)19/h1-4,11H,5-9H2,(H,18,19)/t11-/m1/s1. The van der Waals surface area contributed by atoms with Crippen LogP contribution in [0.1, 0.15) is 18.4 Å². The Morgan fingerprint density at radius 2 is 2.11 bits per heavy atom. The smallest absolute Gasteiger partial charge is 0.308 e. The molecule has 0 bridgehead atoms. The summed E-state index contributed by atoms with van der Waals surface area (Å²) in [6.07, 6.45) is 1.67. The second-order valence-electron chi connectivity index (χ2n) is 4.75. The minimum atomic E-state index is -0.805. The second-order valence-corrected chi connectivity index (χ2v) is 5.61. The van der Waals surface area contributed by atoms with Crippen LogP contribution < -0.4 is 0 Å². The first-order valence-corrected chi connectivity index (χ1v) is 7.11. The van der Waals surface area contributed by atoms with Gasteiger partial charge in [-0.05, 0) is 24.5 Å². The lowest BCUT2D eigenvalue weighted by atomic mass is 10.1. The molecule has 1 saturated heterocycles. The Balaban J connectivity index is 1.86. The van der Waals surface area contributed by atoms with E-state index in [-0.39, 0.29) is 5.91 Å². The van der Waals surface area contributed by atoms with Gasteiger partial charge in [0.25, 0.3) is 0 Å². The molecular weight excluding hydrogens is 310 g/mol. The maximum absolute atomic E-state index is 12.0. The van der Waals surface area contributed by atoms with E-state index in [9.17, 15) is 9.59 Å². The maximum atomic E-state index is 12.0. The van der Waals surface area contributed by atoms with Crippen LogP contribution in [0.2, 0.25) is 0 Å². The van der Waals surface area contributed by atoms with Crippen LogP contribution in [0.15, 0.2) is 28.7 Å². The summed E-state index contributed by atoms with van der Waals surface area (Å²) in [5, 5.41) is 8.91. The van der Waals surface area contributed by atoms with Crippen molar-refractivity contribution in [3.63, 3.8) is 0 Å². The molecule has 1 aromatic rings. The molecule has 1 N–H and O–H groups in total. The monoisotopic (exact) mass is 325 g/mol. The van der Waals surface area contributed by atoms with E-state index in [4.69, 9.17) is 5.11 Å². The van der Waals surface area contributed by atoms with Crippen LogP contribution >= 0.6 is 15.9 Å². The van der Waals surface area contributed by atoms with E-state index in [1.165, 1.54) is 0 Å². The van der Waals surface area contributed by atoms with Crippen LogP contribution in [0.4, 0.5) is 0 Å². The number of carboxylic acids is 1.